The molecule has 116 valence electrons. The maximum Gasteiger partial charge on any atom is -0.0159 e. The van der Waals surface area contributed by atoms with E-state index in [-0.39, 0.29) is 0 Å². The third-order valence-electron chi connectivity index (χ3n) is 5.88. The summed E-state index contributed by atoms with van der Waals surface area (Å²) < 4.78 is 0. The summed E-state index contributed by atoms with van der Waals surface area (Å²) >= 11 is 0. The fourth-order valence-corrected chi connectivity index (χ4v) is 3.99. The monoisotopic (exact) mass is 292 g/mol. The van der Waals surface area contributed by atoms with Gasteiger partial charge in [0.1, 0.15) is 0 Å². The molecule has 4 atom stereocenters. The fraction of sp³-hybridized carbons (Fsp3) is 0.455. The first-order valence-electron chi connectivity index (χ1n) is 8.73. The molecule has 0 radical (unpaired) electrons. The first-order chi connectivity index (χ1) is 10.6. The standard InChI is InChI=1S/2C11H14/c2*1-8-7-10-5-3-4-6-11(10)9(8)2/h2*3-6,8-9H,7H2,1-2H3/t2*8-,9-/m10/s1. The third kappa shape index (κ3) is 2.84. The first-order valence-corrected chi connectivity index (χ1v) is 8.73. The highest BCUT2D eigenvalue weighted by molar-refractivity contribution is 5.36. The van der Waals surface area contributed by atoms with Crippen molar-refractivity contribution in [3.05, 3.63) is 70.8 Å². The molecule has 0 heterocycles. The molecular formula is C22H28. The minimum absolute atomic E-state index is 0.770. The number of benzene rings is 2. The van der Waals surface area contributed by atoms with Crippen molar-refractivity contribution in [3.63, 3.8) is 0 Å². The highest BCUT2D eigenvalue weighted by atomic mass is 14.3. The molecule has 0 fully saturated rings. The molecule has 22 heavy (non-hydrogen) atoms. The average molecular weight is 292 g/mol. The Morgan fingerprint density at radius 1 is 0.591 bits per heavy atom. The lowest BCUT2D eigenvalue weighted by molar-refractivity contribution is 0.532. The molecule has 0 N–H and O–H groups in total. The largest absolute Gasteiger partial charge is 0.0620 e. The smallest absolute Gasteiger partial charge is 0.0159 e. The lowest BCUT2D eigenvalue weighted by Gasteiger charge is -2.08. The number of hydrogen-bond donors (Lipinski definition) is 0. The summed E-state index contributed by atoms with van der Waals surface area (Å²) in [6.45, 7) is 9.34. The van der Waals surface area contributed by atoms with Crippen LogP contribution in [-0.2, 0) is 12.8 Å². The van der Waals surface area contributed by atoms with Gasteiger partial charge in [0, 0.05) is 0 Å². The SMILES string of the molecule is C[C@@H]1Cc2ccccc2[C@@H]1C.C[C@@H]1c2ccccc2C[C@@H]1C. The number of hydrogen-bond acceptors (Lipinski definition) is 0. The fourth-order valence-electron chi connectivity index (χ4n) is 3.99. The van der Waals surface area contributed by atoms with Gasteiger partial charge in [-0.2, -0.15) is 0 Å². The summed E-state index contributed by atoms with van der Waals surface area (Å²) in [7, 11) is 0. The van der Waals surface area contributed by atoms with Crippen LogP contribution in [0.4, 0.5) is 0 Å². The van der Waals surface area contributed by atoms with Gasteiger partial charge in [-0.05, 0) is 58.8 Å². The van der Waals surface area contributed by atoms with Gasteiger partial charge in [0.25, 0.3) is 0 Å². The van der Waals surface area contributed by atoms with E-state index < -0.39 is 0 Å². The molecule has 0 aromatic heterocycles. The molecule has 0 spiro atoms. The number of rotatable bonds is 0. The predicted octanol–water partition coefficient (Wildman–Crippen LogP) is 5.96. The van der Waals surface area contributed by atoms with E-state index in [0.717, 1.165) is 23.7 Å². The molecule has 0 aliphatic heterocycles. The average Bonchev–Trinajstić information content (AvgIpc) is 2.98. The maximum absolute atomic E-state index is 2.34. The topological polar surface area (TPSA) is 0 Å². The Morgan fingerprint density at radius 3 is 1.32 bits per heavy atom. The minimum atomic E-state index is 0.770. The Kier molecular flexibility index (Phi) is 4.38. The lowest BCUT2D eigenvalue weighted by Crippen LogP contribution is -1.97. The van der Waals surface area contributed by atoms with Gasteiger partial charge in [-0.15, -0.1) is 0 Å². The Balaban J connectivity index is 0.000000131. The van der Waals surface area contributed by atoms with Crippen LogP contribution in [0.1, 0.15) is 61.8 Å². The molecule has 2 aromatic carbocycles. The Hall–Kier alpha value is -1.56. The van der Waals surface area contributed by atoms with Crippen LogP contribution in [0.2, 0.25) is 0 Å². The Morgan fingerprint density at radius 2 is 0.955 bits per heavy atom. The predicted molar refractivity (Wildman–Crippen MR) is 95.5 cm³/mol. The van der Waals surface area contributed by atoms with Crippen molar-refractivity contribution < 1.29 is 0 Å². The van der Waals surface area contributed by atoms with E-state index in [0.29, 0.717) is 0 Å². The van der Waals surface area contributed by atoms with Crippen molar-refractivity contribution in [2.75, 3.05) is 0 Å². The summed E-state index contributed by atoms with van der Waals surface area (Å²) in [4.78, 5) is 0. The van der Waals surface area contributed by atoms with E-state index >= 15 is 0 Å². The molecule has 0 nitrogen and oxygen atoms in total. The van der Waals surface area contributed by atoms with Gasteiger partial charge in [-0.1, -0.05) is 76.2 Å². The molecule has 2 aromatic rings. The molecule has 2 aliphatic rings. The van der Waals surface area contributed by atoms with Crippen molar-refractivity contribution >= 4 is 0 Å². The van der Waals surface area contributed by atoms with Crippen LogP contribution < -0.4 is 0 Å². The van der Waals surface area contributed by atoms with Gasteiger partial charge >= 0.3 is 0 Å². The van der Waals surface area contributed by atoms with E-state index in [4.69, 9.17) is 0 Å². The van der Waals surface area contributed by atoms with Crippen molar-refractivity contribution in [3.8, 4) is 0 Å². The van der Waals surface area contributed by atoms with E-state index in [1.165, 1.54) is 12.8 Å². The summed E-state index contributed by atoms with van der Waals surface area (Å²) in [6.07, 6.45) is 2.55. The van der Waals surface area contributed by atoms with Gasteiger partial charge in [-0.25, -0.2) is 0 Å². The Bertz CT molecular complexity index is 582. The van der Waals surface area contributed by atoms with E-state index in [1.807, 2.05) is 0 Å². The second kappa shape index (κ2) is 6.28. The molecule has 2 aliphatic carbocycles. The van der Waals surface area contributed by atoms with Crippen LogP contribution in [0.25, 0.3) is 0 Å². The number of fused-ring (bicyclic) bond motifs is 2. The van der Waals surface area contributed by atoms with Crippen LogP contribution in [0.3, 0.4) is 0 Å². The van der Waals surface area contributed by atoms with E-state index in [9.17, 15) is 0 Å². The van der Waals surface area contributed by atoms with Crippen LogP contribution in [0, 0.1) is 11.8 Å². The maximum atomic E-state index is 2.34. The van der Waals surface area contributed by atoms with Crippen LogP contribution >= 0.6 is 0 Å². The summed E-state index contributed by atoms with van der Waals surface area (Å²) in [5, 5.41) is 0. The second-order valence-electron chi connectivity index (χ2n) is 7.34. The zero-order valence-corrected chi connectivity index (χ0v) is 14.3. The van der Waals surface area contributed by atoms with Crippen molar-refractivity contribution in [1.29, 1.82) is 0 Å². The van der Waals surface area contributed by atoms with Crippen LogP contribution in [0.5, 0.6) is 0 Å². The van der Waals surface area contributed by atoms with Gasteiger partial charge in [0.15, 0.2) is 0 Å². The lowest BCUT2D eigenvalue weighted by atomic mass is 9.97. The van der Waals surface area contributed by atoms with Crippen molar-refractivity contribution in [1.82, 2.24) is 0 Å². The molecule has 0 unspecified atom stereocenters. The molecule has 0 bridgehead atoms. The van der Waals surface area contributed by atoms with Gasteiger partial charge in [0.05, 0.1) is 0 Å². The molecular weight excluding hydrogens is 264 g/mol. The molecule has 0 amide bonds. The van der Waals surface area contributed by atoms with E-state index in [1.54, 1.807) is 22.3 Å². The first kappa shape index (κ1) is 15.3. The molecule has 0 saturated carbocycles. The summed E-state index contributed by atoms with van der Waals surface area (Å²) in [5.41, 5.74) is 6.26. The highest BCUT2D eigenvalue weighted by Crippen LogP contribution is 2.37. The summed E-state index contributed by atoms with van der Waals surface area (Å²) in [6, 6.07) is 17.6. The zero-order chi connectivity index (χ0) is 15.7. The molecule has 0 saturated heterocycles. The highest BCUT2D eigenvalue weighted by Gasteiger charge is 2.25. The minimum Gasteiger partial charge on any atom is -0.0620 e. The van der Waals surface area contributed by atoms with Crippen LogP contribution in [0.15, 0.2) is 48.5 Å². The van der Waals surface area contributed by atoms with Crippen molar-refractivity contribution in [2.24, 2.45) is 11.8 Å². The van der Waals surface area contributed by atoms with Gasteiger partial charge in [-0.3, -0.25) is 0 Å². The molecule has 4 rings (SSSR count). The second-order valence-corrected chi connectivity index (χ2v) is 7.34. The van der Waals surface area contributed by atoms with Crippen molar-refractivity contribution in [2.45, 2.75) is 52.4 Å². The Labute approximate surface area is 135 Å². The van der Waals surface area contributed by atoms with E-state index in [2.05, 4.69) is 76.2 Å². The molecule has 0 heteroatoms. The third-order valence-corrected chi connectivity index (χ3v) is 5.88. The normalized spacial score (nSPS) is 28.5. The quantitative estimate of drug-likeness (QED) is 0.561. The zero-order valence-electron chi connectivity index (χ0n) is 14.3. The summed E-state index contributed by atoms with van der Waals surface area (Å²) in [5.74, 6) is 3.22. The van der Waals surface area contributed by atoms with Gasteiger partial charge < -0.3 is 0 Å². The van der Waals surface area contributed by atoms with Crippen LogP contribution in [-0.4, -0.2) is 0 Å². The van der Waals surface area contributed by atoms with Gasteiger partial charge in [0.2, 0.25) is 0 Å².